The van der Waals surface area contributed by atoms with Gasteiger partial charge in [-0.3, -0.25) is 4.98 Å². The molecule has 0 fully saturated rings. The Balaban J connectivity index is 2.11. The summed E-state index contributed by atoms with van der Waals surface area (Å²) in [6, 6.07) is 14.0. The van der Waals surface area contributed by atoms with Gasteiger partial charge >= 0.3 is 0 Å². The van der Waals surface area contributed by atoms with Crippen molar-refractivity contribution in [2.24, 2.45) is 5.73 Å². The largest absolute Gasteiger partial charge is 0.398 e. The van der Waals surface area contributed by atoms with Crippen LogP contribution in [0.4, 0.5) is 5.69 Å². The molecule has 18 heavy (non-hydrogen) atoms. The maximum Gasteiger partial charge on any atom is 0.0976 e. The molecule has 90 valence electrons. The van der Waals surface area contributed by atoms with Crippen LogP contribution in [0.25, 0.3) is 5.70 Å². The van der Waals surface area contributed by atoms with Gasteiger partial charge in [-0.15, -0.1) is 0 Å². The molecule has 1 unspecified atom stereocenters. The fourth-order valence-corrected chi connectivity index (χ4v) is 2.36. The lowest BCUT2D eigenvalue weighted by molar-refractivity contribution is 0.657. The number of benzene rings is 1. The number of pyridine rings is 1. The number of nitrogens with one attached hydrogen (secondary N) is 1. The van der Waals surface area contributed by atoms with Gasteiger partial charge in [0.2, 0.25) is 0 Å². The zero-order valence-electron chi connectivity index (χ0n) is 10.2. The van der Waals surface area contributed by atoms with E-state index in [4.69, 9.17) is 5.73 Å². The van der Waals surface area contributed by atoms with Crippen molar-refractivity contribution in [3.05, 3.63) is 66.0 Å². The topological polar surface area (TPSA) is 50.9 Å². The van der Waals surface area contributed by atoms with Crippen molar-refractivity contribution in [2.45, 2.75) is 12.5 Å². The Morgan fingerprint density at radius 2 is 1.89 bits per heavy atom. The number of hydrogen-bond acceptors (Lipinski definition) is 3. The van der Waals surface area contributed by atoms with E-state index in [1.165, 1.54) is 0 Å². The van der Waals surface area contributed by atoms with Gasteiger partial charge < -0.3 is 11.1 Å². The van der Waals surface area contributed by atoms with Crippen molar-refractivity contribution in [3.8, 4) is 0 Å². The minimum absolute atomic E-state index is 0.361. The molecule has 3 N–H and O–H groups in total. The van der Waals surface area contributed by atoms with Crippen molar-refractivity contribution in [1.29, 1.82) is 0 Å². The number of aromatic nitrogens is 1. The molecule has 0 amide bonds. The molecule has 0 aliphatic carbocycles. The first kappa shape index (κ1) is 10.8. The van der Waals surface area contributed by atoms with Crippen LogP contribution in [-0.2, 0) is 5.54 Å². The Labute approximate surface area is 106 Å². The average Bonchev–Trinajstić information content (AvgIpc) is 2.40. The Hall–Kier alpha value is -2.29. The second-order valence-corrected chi connectivity index (χ2v) is 4.69. The molecule has 0 saturated heterocycles. The SMILES string of the molecule is CC1(c2ccccn2)C=C(N)c2ccccc2N1. The summed E-state index contributed by atoms with van der Waals surface area (Å²) in [5, 5.41) is 3.50. The summed E-state index contributed by atoms with van der Waals surface area (Å²) in [7, 11) is 0. The van der Waals surface area contributed by atoms with Crippen LogP contribution in [0, 0.1) is 0 Å². The first-order valence-corrected chi connectivity index (χ1v) is 5.96. The number of anilines is 1. The maximum atomic E-state index is 6.15. The van der Waals surface area contributed by atoms with E-state index in [0.717, 1.165) is 22.6 Å². The van der Waals surface area contributed by atoms with Crippen LogP contribution in [-0.4, -0.2) is 4.98 Å². The zero-order chi connectivity index (χ0) is 12.6. The van der Waals surface area contributed by atoms with Gasteiger partial charge in [-0.1, -0.05) is 24.3 Å². The fraction of sp³-hybridized carbons (Fsp3) is 0.133. The van der Waals surface area contributed by atoms with Gasteiger partial charge in [0.05, 0.1) is 11.2 Å². The molecule has 0 bridgehead atoms. The quantitative estimate of drug-likeness (QED) is 0.801. The van der Waals surface area contributed by atoms with E-state index in [0.29, 0.717) is 0 Å². The summed E-state index contributed by atoms with van der Waals surface area (Å²) >= 11 is 0. The minimum atomic E-state index is -0.361. The van der Waals surface area contributed by atoms with Crippen LogP contribution >= 0.6 is 0 Å². The number of rotatable bonds is 1. The molecule has 1 aromatic carbocycles. The van der Waals surface area contributed by atoms with E-state index >= 15 is 0 Å². The predicted molar refractivity (Wildman–Crippen MR) is 73.8 cm³/mol. The molecule has 0 radical (unpaired) electrons. The van der Waals surface area contributed by atoms with E-state index in [1.54, 1.807) is 6.20 Å². The van der Waals surface area contributed by atoms with Gasteiger partial charge in [0.1, 0.15) is 0 Å². The van der Waals surface area contributed by atoms with Crippen molar-refractivity contribution in [2.75, 3.05) is 5.32 Å². The normalized spacial score (nSPS) is 21.7. The third kappa shape index (κ3) is 1.64. The van der Waals surface area contributed by atoms with Crippen LogP contribution in [0.15, 0.2) is 54.7 Å². The molecule has 1 aliphatic rings. The molecular weight excluding hydrogens is 222 g/mol. The van der Waals surface area contributed by atoms with Gasteiger partial charge in [0, 0.05) is 23.1 Å². The monoisotopic (exact) mass is 237 g/mol. The summed E-state index contributed by atoms with van der Waals surface area (Å²) in [6.45, 7) is 2.08. The highest BCUT2D eigenvalue weighted by Crippen LogP contribution is 2.35. The predicted octanol–water partition coefficient (Wildman–Crippen LogP) is 2.72. The van der Waals surface area contributed by atoms with Crippen LogP contribution < -0.4 is 11.1 Å². The van der Waals surface area contributed by atoms with E-state index in [9.17, 15) is 0 Å². The lowest BCUT2D eigenvalue weighted by Crippen LogP contribution is -2.34. The maximum absolute atomic E-state index is 6.15. The first-order valence-electron chi connectivity index (χ1n) is 5.96. The third-order valence-corrected chi connectivity index (χ3v) is 3.27. The second-order valence-electron chi connectivity index (χ2n) is 4.69. The summed E-state index contributed by atoms with van der Waals surface area (Å²) in [4.78, 5) is 4.42. The fourth-order valence-electron chi connectivity index (χ4n) is 2.36. The second kappa shape index (κ2) is 3.88. The Morgan fingerprint density at radius 3 is 2.67 bits per heavy atom. The minimum Gasteiger partial charge on any atom is -0.398 e. The van der Waals surface area contributed by atoms with E-state index < -0.39 is 0 Å². The summed E-state index contributed by atoms with van der Waals surface area (Å²) in [6.07, 6.45) is 3.82. The highest BCUT2D eigenvalue weighted by molar-refractivity contribution is 5.79. The van der Waals surface area contributed by atoms with Crippen molar-refractivity contribution in [1.82, 2.24) is 4.98 Å². The molecule has 3 nitrogen and oxygen atoms in total. The van der Waals surface area contributed by atoms with Crippen LogP contribution in [0.2, 0.25) is 0 Å². The van der Waals surface area contributed by atoms with Gasteiger partial charge in [-0.05, 0) is 31.2 Å². The molecule has 0 spiro atoms. The van der Waals surface area contributed by atoms with Crippen molar-refractivity contribution in [3.63, 3.8) is 0 Å². The van der Waals surface area contributed by atoms with Crippen molar-refractivity contribution >= 4 is 11.4 Å². The molecule has 0 saturated carbocycles. The average molecular weight is 237 g/mol. The Bertz CT molecular complexity index is 604. The van der Waals surface area contributed by atoms with Crippen LogP contribution in [0.1, 0.15) is 18.2 Å². The van der Waals surface area contributed by atoms with Gasteiger partial charge in [-0.25, -0.2) is 0 Å². The molecule has 3 heteroatoms. The third-order valence-electron chi connectivity index (χ3n) is 3.27. The Kier molecular flexibility index (Phi) is 2.33. The number of hydrogen-bond donors (Lipinski definition) is 2. The van der Waals surface area contributed by atoms with E-state index in [2.05, 4.69) is 17.2 Å². The molecule has 1 aromatic heterocycles. The lowest BCUT2D eigenvalue weighted by Gasteiger charge is -2.33. The van der Waals surface area contributed by atoms with Crippen LogP contribution in [0.3, 0.4) is 0 Å². The van der Waals surface area contributed by atoms with Gasteiger partial charge in [0.25, 0.3) is 0 Å². The number of fused-ring (bicyclic) bond motifs is 1. The zero-order valence-corrected chi connectivity index (χ0v) is 10.2. The highest BCUT2D eigenvalue weighted by Gasteiger charge is 2.30. The van der Waals surface area contributed by atoms with Gasteiger partial charge in [0.15, 0.2) is 0 Å². The molecular formula is C15H15N3. The Morgan fingerprint density at radius 1 is 1.11 bits per heavy atom. The molecule has 3 rings (SSSR count). The summed E-state index contributed by atoms with van der Waals surface area (Å²) in [5.74, 6) is 0. The standard InChI is InChI=1S/C15H15N3/c1-15(14-8-4-5-9-17-14)10-12(16)11-6-2-3-7-13(11)18-15/h2-10,18H,16H2,1H3. The number of nitrogens with two attached hydrogens (primary N) is 1. The van der Waals surface area contributed by atoms with Crippen LogP contribution in [0.5, 0.6) is 0 Å². The lowest BCUT2D eigenvalue weighted by atomic mass is 9.89. The molecule has 1 atom stereocenters. The molecule has 2 aromatic rings. The van der Waals surface area contributed by atoms with Gasteiger partial charge in [-0.2, -0.15) is 0 Å². The summed E-state index contributed by atoms with van der Waals surface area (Å²) < 4.78 is 0. The smallest absolute Gasteiger partial charge is 0.0976 e. The first-order chi connectivity index (χ1) is 8.69. The van der Waals surface area contributed by atoms with E-state index in [-0.39, 0.29) is 5.54 Å². The molecule has 2 heterocycles. The van der Waals surface area contributed by atoms with Crippen molar-refractivity contribution < 1.29 is 0 Å². The molecule has 1 aliphatic heterocycles. The number of para-hydroxylation sites is 1. The highest BCUT2D eigenvalue weighted by atomic mass is 15.0. The van der Waals surface area contributed by atoms with E-state index in [1.807, 2.05) is 48.5 Å². The summed E-state index contributed by atoms with van der Waals surface area (Å²) in [5.41, 5.74) is 9.64. The number of nitrogens with zero attached hydrogens (tertiary/aromatic N) is 1.